The Morgan fingerprint density at radius 3 is 2.16 bits per heavy atom. The molecule has 0 aliphatic carbocycles. The number of halogens is 1. The SMILES string of the molecule is Cc1cc(/C=N\NC(=O)CN(c2c(C)n(C)n(-c3ccccc3)c2=O)S(=O)(=O)c2ccccc2)c(C)n1-c1ccc(F)cc1. The van der Waals surface area contributed by atoms with Crippen molar-refractivity contribution in [1.82, 2.24) is 19.4 Å². The van der Waals surface area contributed by atoms with Gasteiger partial charge in [-0.15, -0.1) is 0 Å². The molecule has 226 valence electrons. The van der Waals surface area contributed by atoms with Crippen LogP contribution in [-0.4, -0.2) is 41.0 Å². The molecule has 5 rings (SSSR count). The van der Waals surface area contributed by atoms with Crippen LogP contribution in [0.25, 0.3) is 11.4 Å². The van der Waals surface area contributed by atoms with E-state index in [4.69, 9.17) is 0 Å². The summed E-state index contributed by atoms with van der Waals surface area (Å²) in [5, 5.41) is 4.07. The molecule has 0 bridgehead atoms. The highest BCUT2D eigenvalue weighted by molar-refractivity contribution is 7.92. The summed E-state index contributed by atoms with van der Waals surface area (Å²) in [7, 11) is -2.69. The first-order valence-corrected chi connectivity index (χ1v) is 15.1. The number of hydrogen-bond donors (Lipinski definition) is 1. The summed E-state index contributed by atoms with van der Waals surface area (Å²) in [6, 6.07) is 24.4. The lowest BCUT2D eigenvalue weighted by Gasteiger charge is -2.22. The van der Waals surface area contributed by atoms with E-state index in [0.29, 0.717) is 16.9 Å². The zero-order chi connectivity index (χ0) is 31.6. The number of carbonyl (C=O) groups is 1. The van der Waals surface area contributed by atoms with E-state index >= 15 is 0 Å². The van der Waals surface area contributed by atoms with Crippen molar-refractivity contribution in [1.29, 1.82) is 0 Å². The van der Waals surface area contributed by atoms with Crippen LogP contribution in [0.1, 0.15) is 22.6 Å². The van der Waals surface area contributed by atoms with Crippen molar-refractivity contribution >= 4 is 27.8 Å². The maximum absolute atomic E-state index is 13.9. The Balaban J connectivity index is 1.46. The normalized spacial score (nSPS) is 11.7. The molecule has 0 unspecified atom stereocenters. The van der Waals surface area contributed by atoms with Gasteiger partial charge < -0.3 is 4.57 Å². The molecule has 2 aromatic heterocycles. The van der Waals surface area contributed by atoms with Gasteiger partial charge in [-0.1, -0.05) is 36.4 Å². The largest absolute Gasteiger partial charge is 0.318 e. The number of amides is 1. The monoisotopic (exact) mass is 614 g/mol. The minimum absolute atomic E-state index is 0.0709. The van der Waals surface area contributed by atoms with Gasteiger partial charge in [0.1, 0.15) is 18.0 Å². The Bertz CT molecular complexity index is 2010. The van der Waals surface area contributed by atoms with Gasteiger partial charge in [0, 0.05) is 29.7 Å². The number of hydrogen-bond acceptors (Lipinski definition) is 5. The van der Waals surface area contributed by atoms with Crippen LogP contribution in [0.2, 0.25) is 0 Å². The second kappa shape index (κ2) is 12.2. The van der Waals surface area contributed by atoms with Gasteiger partial charge in [-0.25, -0.2) is 27.2 Å². The van der Waals surface area contributed by atoms with Crippen LogP contribution in [0, 0.1) is 26.6 Å². The number of nitrogens with zero attached hydrogens (tertiary/aromatic N) is 5. The van der Waals surface area contributed by atoms with Crippen molar-refractivity contribution in [2.75, 3.05) is 10.8 Å². The number of carbonyl (C=O) groups excluding carboxylic acids is 1. The number of aromatic nitrogens is 3. The van der Waals surface area contributed by atoms with Gasteiger partial charge in [0.25, 0.3) is 21.5 Å². The van der Waals surface area contributed by atoms with Gasteiger partial charge in [0.05, 0.1) is 22.5 Å². The quantitative estimate of drug-likeness (QED) is 0.196. The van der Waals surface area contributed by atoms with Crippen LogP contribution in [-0.2, 0) is 21.9 Å². The molecule has 0 radical (unpaired) electrons. The lowest BCUT2D eigenvalue weighted by Crippen LogP contribution is -2.42. The van der Waals surface area contributed by atoms with Crippen LogP contribution in [0.15, 0.2) is 106 Å². The smallest absolute Gasteiger partial charge is 0.296 e. The number of hydrazone groups is 1. The predicted molar refractivity (Wildman–Crippen MR) is 168 cm³/mol. The van der Waals surface area contributed by atoms with E-state index in [0.717, 1.165) is 21.4 Å². The third-order valence-corrected chi connectivity index (χ3v) is 9.10. The van der Waals surface area contributed by atoms with E-state index in [1.54, 1.807) is 73.3 Å². The highest BCUT2D eigenvalue weighted by atomic mass is 32.2. The molecule has 1 amide bonds. The highest BCUT2D eigenvalue weighted by Crippen LogP contribution is 2.25. The first-order chi connectivity index (χ1) is 21.0. The van der Waals surface area contributed by atoms with E-state index < -0.39 is 28.0 Å². The minimum atomic E-state index is -4.34. The summed E-state index contributed by atoms with van der Waals surface area (Å²) in [6.45, 7) is 4.68. The molecule has 5 aromatic rings. The number of benzene rings is 3. The van der Waals surface area contributed by atoms with E-state index in [1.807, 2.05) is 30.5 Å². The number of para-hydroxylation sites is 1. The maximum atomic E-state index is 13.9. The summed E-state index contributed by atoms with van der Waals surface area (Å²) in [6.07, 6.45) is 1.45. The first-order valence-electron chi connectivity index (χ1n) is 13.7. The molecule has 12 heteroatoms. The second-order valence-corrected chi connectivity index (χ2v) is 12.0. The van der Waals surface area contributed by atoms with E-state index in [1.165, 1.54) is 35.2 Å². The van der Waals surface area contributed by atoms with Crippen LogP contribution >= 0.6 is 0 Å². The van der Waals surface area contributed by atoms with Crippen LogP contribution in [0.3, 0.4) is 0 Å². The van der Waals surface area contributed by atoms with Gasteiger partial charge in [-0.05, 0) is 75.4 Å². The molecule has 0 saturated carbocycles. The van der Waals surface area contributed by atoms with Crippen molar-refractivity contribution in [3.63, 3.8) is 0 Å². The Kier molecular flexibility index (Phi) is 8.36. The molecule has 0 saturated heterocycles. The fourth-order valence-electron chi connectivity index (χ4n) is 5.09. The predicted octanol–water partition coefficient (Wildman–Crippen LogP) is 4.38. The van der Waals surface area contributed by atoms with Gasteiger partial charge in [-0.3, -0.25) is 14.3 Å². The number of aryl methyl sites for hydroxylation is 1. The Morgan fingerprint density at radius 2 is 1.52 bits per heavy atom. The van der Waals surface area contributed by atoms with E-state index in [2.05, 4.69) is 10.5 Å². The summed E-state index contributed by atoms with van der Waals surface area (Å²) in [5.41, 5.74) is 5.69. The van der Waals surface area contributed by atoms with Crippen molar-refractivity contribution in [2.45, 2.75) is 25.7 Å². The summed E-state index contributed by atoms with van der Waals surface area (Å²) in [4.78, 5) is 26.9. The van der Waals surface area contributed by atoms with E-state index in [-0.39, 0.29) is 16.4 Å². The molecular weight excluding hydrogens is 583 g/mol. The van der Waals surface area contributed by atoms with Gasteiger partial charge in [-0.2, -0.15) is 5.10 Å². The van der Waals surface area contributed by atoms with Crippen LogP contribution < -0.4 is 15.3 Å². The van der Waals surface area contributed by atoms with Crippen molar-refractivity contribution in [3.8, 4) is 11.4 Å². The van der Waals surface area contributed by atoms with Gasteiger partial charge in [0.15, 0.2) is 0 Å². The lowest BCUT2D eigenvalue weighted by molar-refractivity contribution is -0.119. The molecule has 0 fully saturated rings. The number of sulfonamides is 1. The Morgan fingerprint density at radius 1 is 0.909 bits per heavy atom. The molecule has 44 heavy (non-hydrogen) atoms. The summed E-state index contributed by atoms with van der Waals surface area (Å²) >= 11 is 0. The zero-order valence-corrected chi connectivity index (χ0v) is 25.4. The second-order valence-electron chi connectivity index (χ2n) is 10.2. The van der Waals surface area contributed by atoms with Crippen LogP contribution in [0.5, 0.6) is 0 Å². The summed E-state index contributed by atoms with van der Waals surface area (Å²) < 4.78 is 46.9. The minimum Gasteiger partial charge on any atom is -0.318 e. The summed E-state index contributed by atoms with van der Waals surface area (Å²) in [5.74, 6) is -1.09. The number of rotatable bonds is 9. The zero-order valence-electron chi connectivity index (χ0n) is 24.6. The number of anilines is 1. The van der Waals surface area contributed by atoms with Crippen molar-refractivity contribution in [2.24, 2.45) is 12.1 Å². The topological polar surface area (TPSA) is 111 Å². The Labute approximate surface area is 254 Å². The molecule has 10 nitrogen and oxygen atoms in total. The third kappa shape index (κ3) is 5.71. The molecule has 0 atom stereocenters. The molecule has 3 aromatic carbocycles. The average molecular weight is 615 g/mol. The fraction of sp³-hybridized carbons (Fsp3) is 0.156. The Hall–Kier alpha value is -5.23. The molecule has 0 aliphatic heterocycles. The highest BCUT2D eigenvalue weighted by Gasteiger charge is 2.33. The van der Waals surface area contributed by atoms with Gasteiger partial charge in [0.2, 0.25) is 0 Å². The molecule has 0 aliphatic rings. The fourth-order valence-corrected chi connectivity index (χ4v) is 6.58. The molecular formula is C32H31FN6O4S. The molecule has 2 heterocycles. The first kappa shape index (κ1) is 30.2. The van der Waals surface area contributed by atoms with Crippen molar-refractivity contribution in [3.05, 3.63) is 130 Å². The van der Waals surface area contributed by atoms with Gasteiger partial charge >= 0.3 is 0 Å². The third-order valence-electron chi connectivity index (χ3n) is 7.34. The lowest BCUT2D eigenvalue weighted by atomic mass is 10.2. The van der Waals surface area contributed by atoms with Crippen molar-refractivity contribution < 1.29 is 17.6 Å². The van der Waals surface area contributed by atoms with E-state index in [9.17, 15) is 22.4 Å². The number of nitrogens with one attached hydrogen (secondary N) is 1. The molecule has 1 N–H and O–H groups in total. The standard InChI is InChI=1S/C32H31FN6O4S/c1-22-19-25(23(2)38(22)27-17-15-26(33)16-18-27)20-34-35-30(40)21-37(44(42,43)29-13-9-6-10-14-29)31-24(3)36(4)39(32(31)41)28-11-7-5-8-12-28/h5-20H,21H2,1-4H3,(H,35,40)/b34-20-. The molecule has 0 spiro atoms. The maximum Gasteiger partial charge on any atom is 0.296 e. The average Bonchev–Trinajstić information content (AvgIpc) is 3.42. The van der Waals surface area contributed by atoms with Crippen LogP contribution in [0.4, 0.5) is 10.1 Å².